The quantitative estimate of drug-likeness (QED) is 0.688. The molecule has 4 rings (SSSR count). The molecule has 0 aliphatic carbocycles. The number of aryl methyl sites for hydroxylation is 1. The van der Waals surface area contributed by atoms with E-state index in [-0.39, 0.29) is 5.60 Å². The monoisotopic (exact) mass is 354 g/mol. The topological polar surface area (TPSA) is 27.7 Å². The van der Waals surface area contributed by atoms with Gasteiger partial charge in [0.05, 0.1) is 0 Å². The van der Waals surface area contributed by atoms with Crippen LogP contribution in [0.25, 0.3) is 0 Å². The van der Waals surface area contributed by atoms with Gasteiger partial charge in [-0.1, -0.05) is 57.5 Å². The van der Waals surface area contributed by atoms with Crippen LogP contribution in [0.5, 0.6) is 17.2 Å². The minimum Gasteiger partial charge on any atom is -0.487 e. The molecule has 2 aliphatic rings. The number of fused-ring (bicyclic) bond motifs is 2. The first-order valence-electron chi connectivity index (χ1n) is 9.59. The van der Waals surface area contributed by atoms with Crippen molar-refractivity contribution in [2.45, 2.75) is 65.4 Å². The fraction of sp³-hybridized carbons (Fsp3) is 0.478. The lowest BCUT2D eigenvalue weighted by molar-refractivity contribution is 0.137. The number of hydrogen-bond donors (Lipinski definition) is 0. The third-order valence-corrected chi connectivity index (χ3v) is 4.74. The Morgan fingerprint density at radius 3 is 2.50 bits per heavy atom. The van der Waals surface area contributed by atoms with Gasteiger partial charge in [-0.25, -0.2) is 0 Å². The standard InChI is InChI=1S/C13H18O.C10H12O2/c1-9(2)11-7-5-6-10-8-13(3,4)14-12(10)11;1-2-4-8-5-3-6-9-10(8)12-7-11-9/h5-7,9H,8H2,1-4H3;3,5-6H,2,4,7H2,1H3. The van der Waals surface area contributed by atoms with Crippen LogP contribution >= 0.6 is 0 Å². The van der Waals surface area contributed by atoms with E-state index in [0.29, 0.717) is 12.7 Å². The van der Waals surface area contributed by atoms with Gasteiger partial charge >= 0.3 is 0 Å². The fourth-order valence-corrected chi connectivity index (χ4v) is 3.55. The second-order valence-corrected chi connectivity index (χ2v) is 7.93. The van der Waals surface area contributed by atoms with Crippen molar-refractivity contribution < 1.29 is 14.2 Å². The minimum absolute atomic E-state index is 0.0205. The van der Waals surface area contributed by atoms with Gasteiger partial charge in [-0.3, -0.25) is 0 Å². The molecule has 26 heavy (non-hydrogen) atoms. The van der Waals surface area contributed by atoms with Crippen LogP contribution in [0.3, 0.4) is 0 Å². The smallest absolute Gasteiger partial charge is 0.231 e. The minimum atomic E-state index is -0.0205. The number of hydrogen-bond acceptors (Lipinski definition) is 3. The summed E-state index contributed by atoms with van der Waals surface area (Å²) in [6, 6.07) is 12.5. The SMILES string of the molecule is CC(C)c1cccc2c1OC(C)(C)C2.CCCc1cccc2c1OCO2. The van der Waals surface area contributed by atoms with Crippen molar-refractivity contribution >= 4 is 0 Å². The van der Waals surface area contributed by atoms with Crippen molar-refractivity contribution in [3.05, 3.63) is 53.1 Å². The van der Waals surface area contributed by atoms with E-state index in [1.807, 2.05) is 12.1 Å². The molecule has 2 aliphatic heterocycles. The van der Waals surface area contributed by atoms with Crippen molar-refractivity contribution in [2.24, 2.45) is 0 Å². The average molecular weight is 354 g/mol. The molecule has 0 atom stereocenters. The second-order valence-electron chi connectivity index (χ2n) is 7.93. The summed E-state index contributed by atoms with van der Waals surface area (Å²) in [5, 5.41) is 0. The Labute approximate surface area is 157 Å². The van der Waals surface area contributed by atoms with E-state index < -0.39 is 0 Å². The Balaban J connectivity index is 0.000000152. The summed E-state index contributed by atoms with van der Waals surface area (Å²) in [5.74, 6) is 3.51. The number of ether oxygens (including phenoxy) is 3. The van der Waals surface area contributed by atoms with Crippen molar-refractivity contribution in [3.8, 4) is 17.2 Å². The van der Waals surface area contributed by atoms with Crippen molar-refractivity contribution in [3.63, 3.8) is 0 Å². The first-order valence-corrected chi connectivity index (χ1v) is 9.59. The molecule has 0 saturated carbocycles. The number of rotatable bonds is 3. The van der Waals surface area contributed by atoms with Gasteiger partial charge < -0.3 is 14.2 Å². The number of benzene rings is 2. The zero-order valence-corrected chi connectivity index (χ0v) is 16.6. The summed E-state index contributed by atoms with van der Waals surface area (Å²) < 4.78 is 16.6. The van der Waals surface area contributed by atoms with Crippen LogP contribution in [0, 0.1) is 0 Å². The fourth-order valence-electron chi connectivity index (χ4n) is 3.55. The van der Waals surface area contributed by atoms with E-state index >= 15 is 0 Å². The summed E-state index contributed by atoms with van der Waals surface area (Å²) in [6.45, 7) is 11.3. The Morgan fingerprint density at radius 1 is 1.00 bits per heavy atom. The van der Waals surface area contributed by atoms with Crippen molar-refractivity contribution in [1.29, 1.82) is 0 Å². The van der Waals surface area contributed by atoms with Crippen molar-refractivity contribution in [1.82, 2.24) is 0 Å². The molecule has 3 nitrogen and oxygen atoms in total. The van der Waals surface area contributed by atoms with E-state index in [0.717, 1.165) is 36.5 Å². The Morgan fingerprint density at radius 2 is 1.77 bits per heavy atom. The van der Waals surface area contributed by atoms with Crippen LogP contribution in [0.2, 0.25) is 0 Å². The zero-order chi connectivity index (χ0) is 18.7. The van der Waals surface area contributed by atoms with Gasteiger partial charge in [-0.05, 0) is 48.9 Å². The van der Waals surface area contributed by atoms with Gasteiger partial charge in [0.15, 0.2) is 11.5 Å². The Bertz CT molecular complexity index is 762. The molecular formula is C23H30O3. The maximum absolute atomic E-state index is 5.99. The molecule has 0 radical (unpaired) electrons. The van der Waals surface area contributed by atoms with Gasteiger partial charge in [0.2, 0.25) is 6.79 Å². The molecule has 0 aromatic heterocycles. The summed E-state index contributed by atoms with van der Waals surface area (Å²) in [7, 11) is 0. The zero-order valence-electron chi connectivity index (χ0n) is 16.6. The van der Waals surface area contributed by atoms with Crippen LogP contribution in [-0.2, 0) is 12.8 Å². The third-order valence-electron chi connectivity index (χ3n) is 4.74. The molecule has 3 heteroatoms. The Kier molecular flexibility index (Phi) is 5.45. The van der Waals surface area contributed by atoms with Gasteiger partial charge in [0, 0.05) is 6.42 Å². The van der Waals surface area contributed by atoms with E-state index in [1.54, 1.807) is 0 Å². The molecule has 0 amide bonds. The maximum Gasteiger partial charge on any atom is 0.231 e. The molecule has 2 aromatic carbocycles. The summed E-state index contributed by atoms with van der Waals surface area (Å²) in [5.41, 5.74) is 3.94. The van der Waals surface area contributed by atoms with Crippen LogP contribution in [-0.4, -0.2) is 12.4 Å². The molecule has 0 saturated heterocycles. The summed E-state index contributed by atoms with van der Waals surface area (Å²) in [6.07, 6.45) is 3.23. The van der Waals surface area contributed by atoms with Gasteiger partial charge in [0.1, 0.15) is 11.4 Å². The molecule has 0 unspecified atom stereocenters. The highest BCUT2D eigenvalue weighted by molar-refractivity contribution is 5.48. The molecule has 140 valence electrons. The highest BCUT2D eigenvalue weighted by Gasteiger charge is 2.31. The van der Waals surface area contributed by atoms with Gasteiger partial charge in [-0.15, -0.1) is 0 Å². The highest BCUT2D eigenvalue weighted by Crippen LogP contribution is 2.40. The molecule has 0 bridgehead atoms. The van der Waals surface area contributed by atoms with Gasteiger partial charge in [-0.2, -0.15) is 0 Å². The second kappa shape index (κ2) is 7.61. The molecular weight excluding hydrogens is 324 g/mol. The van der Waals surface area contributed by atoms with Crippen molar-refractivity contribution in [2.75, 3.05) is 6.79 Å². The lowest BCUT2D eigenvalue weighted by Gasteiger charge is -2.19. The normalized spacial score (nSPS) is 15.9. The van der Waals surface area contributed by atoms with Crippen LogP contribution in [0.15, 0.2) is 36.4 Å². The largest absolute Gasteiger partial charge is 0.487 e. The average Bonchev–Trinajstić information content (AvgIpc) is 3.18. The Hall–Kier alpha value is -2.16. The van der Waals surface area contributed by atoms with Crippen LogP contribution in [0.1, 0.15) is 63.6 Å². The number of para-hydroxylation sites is 2. The van der Waals surface area contributed by atoms with E-state index in [4.69, 9.17) is 14.2 Å². The summed E-state index contributed by atoms with van der Waals surface area (Å²) in [4.78, 5) is 0. The molecule has 0 N–H and O–H groups in total. The lowest BCUT2D eigenvalue weighted by Crippen LogP contribution is -2.24. The summed E-state index contributed by atoms with van der Waals surface area (Å²) >= 11 is 0. The molecule has 0 fully saturated rings. The molecule has 0 spiro atoms. The predicted molar refractivity (Wildman–Crippen MR) is 106 cm³/mol. The maximum atomic E-state index is 5.99. The predicted octanol–water partition coefficient (Wildman–Crippen LogP) is 5.89. The molecule has 2 heterocycles. The van der Waals surface area contributed by atoms with E-state index in [1.165, 1.54) is 16.7 Å². The molecule has 2 aromatic rings. The van der Waals surface area contributed by atoms with Crippen LogP contribution < -0.4 is 14.2 Å². The van der Waals surface area contributed by atoms with E-state index in [2.05, 4.69) is 58.9 Å². The van der Waals surface area contributed by atoms with Gasteiger partial charge in [0.25, 0.3) is 0 Å². The van der Waals surface area contributed by atoms with Crippen LogP contribution in [0.4, 0.5) is 0 Å². The first-order chi connectivity index (χ1) is 12.4. The van der Waals surface area contributed by atoms with E-state index in [9.17, 15) is 0 Å². The lowest BCUT2D eigenvalue weighted by atomic mass is 9.97. The third kappa shape index (κ3) is 3.98. The highest BCUT2D eigenvalue weighted by atomic mass is 16.7. The first kappa shape index (κ1) is 18.6.